The molecule has 0 atom stereocenters. The van der Waals surface area contributed by atoms with E-state index in [1.54, 1.807) is 18.2 Å². The summed E-state index contributed by atoms with van der Waals surface area (Å²) in [5.41, 5.74) is 1.96. The first-order valence-electron chi connectivity index (χ1n) is 6.79. The molecular weight excluding hydrogens is 285 g/mol. The Morgan fingerprint density at radius 1 is 1.00 bits per heavy atom. The number of oxazole rings is 1. The fraction of sp³-hybridized carbons (Fsp3) is 0.118. The number of fused-ring (bicyclic) bond motifs is 1. The molecule has 0 bridgehead atoms. The maximum atomic E-state index is 13.1. The van der Waals surface area contributed by atoms with Gasteiger partial charge in [0.1, 0.15) is 11.3 Å². The second kappa shape index (κ2) is 5.89. The van der Waals surface area contributed by atoms with Crippen molar-refractivity contribution in [3.63, 3.8) is 0 Å². The minimum atomic E-state index is -0.464. The summed E-state index contributed by atoms with van der Waals surface area (Å²) in [6.45, 7) is 0. The first-order chi connectivity index (χ1) is 10.6. The minimum absolute atomic E-state index is 0.0408. The van der Waals surface area contributed by atoms with Crippen molar-refractivity contribution in [2.75, 3.05) is 0 Å². The van der Waals surface area contributed by atoms with E-state index in [9.17, 15) is 14.0 Å². The van der Waals surface area contributed by atoms with Gasteiger partial charge in [-0.1, -0.05) is 12.1 Å². The molecule has 3 rings (SSSR count). The van der Waals surface area contributed by atoms with E-state index in [1.165, 1.54) is 30.7 Å². The molecule has 1 aromatic heterocycles. The van der Waals surface area contributed by atoms with Crippen LogP contribution in [-0.2, 0) is 0 Å². The Morgan fingerprint density at radius 3 is 2.45 bits per heavy atom. The van der Waals surface area contributed by atoms with Crippen LogP contribution in [0.1, 0.15) is 33.6 Å². The van der Waals surface area contributed by atoms with Gasteiger partial charge in [-0.2, -0.15) is 0 Å². The molecule has 0 saturated heterocycles. The van der Waals surface area contributed by atoms with Crippen molar-refractivity contribution in [3.05, 3.63) is 65.8 Å². The van der Waals surface area contributed by atoms with Gasteiger partial charge in [-0.05, 0) is 30.3 Å². The van der Waals surface area contributed by atoms with E-state index in [2.05, 4.69) is 4.98 Å². The maximum Gasteiger partial charge on any atom is 0.181 e. The van der Waals surface area contributed by atoms with Gasteiger partial charge in [-0.15, -0.1) is 0 Å². The van der Waals surface area contributed by atoms with Crippen LogP contribution in [0, 0.1) is 5.82 Å². The molecule has 22 heavy (non-hydrogen) atoms. The van der Waals surface area contributed by atoms with Crippen LogP contribution in [0.4, 0.5) is 4.39 Å². The Morgan fingerprint density at radius 2 is 1.73 bits per heavy atom. The lowest BCUT2D eigenvalue weighted by atomic mass is 10.0. The SMILES string of the molecule is O=C(CCC(=O)c1ccc2ocnc2c1)c1cccc(F)c1. The van der Waals surface area contributed by atoms with Gasteiger partial charge < -0.3 is 4.42 Å². The van der Waals surface area contributed by atoms with Crippen molar-refractivity contribution < 1.29 is 18.4 Å². The zero-order chi connectivity index (χ0) is 15.5. The predicted molar refractivity (Wildman–Crippen MR) is 78.3 cm³/mol. The Hall–Kier alpha value is -2.82. The Labute approximate surface area is 125 Å². The summed E-state index contributed by atoms with van der Waals surface area (Å²) in [6.07, 6.45) is 1.42. The molecule has 5 heteroatoms. The molecule has 4 nitrogen and oxygen atoms in total. The molecule has 0 spiro atoms. The third kappa shape index (κ3) is 2.93. The van der Waals surface area contributed by atoms with Crippen LogP contribution in [-0.4, -0.2) is 16.6 Å². The van der Waals surface area contributed by atoms with Gasteiger partial charge in [-0.3, -0.25) is 9.59 Å². The molecular formula is C17H12FNO3. The fourth-order valence-electron chi connectivity index (χ4n) is 2.21. The average Bonchev–Trinajstić information content (AvgIpc) is 2.99. The molecule has 110 valence electrons. The monoisotopic (exact) mass is 297 g/mol. The summed E-state index contributed by atoms with van der Waals surface area (Å²) in [6, 6.07) is 10.4. The highest BCUT2D eigenvalue weighted by atomic mass is 19.1. The van der Waals surface area contributed by atoms with Crippen LogP contribution < -0.4 is 0 Å². The number of hydrogen-bond donors (Lipinski definition) is 0. The molecule has 0 aliphatic heterocycles. The largest absolute Gasteiger partial charge is 0.443 e. The van der Waals surface area contributed by atoms with Crippen LogP contribution in [0.25, 0.3) is 11.1 Å². The standard InChI is InChI=1S/C17H12FNO3/c18-13-3-1-2-11(8-13)15(20)5-6-16(21)12-4-7-17-14(9-12)19-10-22-17/h1-4,7-10H,5-6H2. The highest BCUT2D eigenvalue weighted by Gasteiger charge is 2.12. The lowest BCUT2D eigenvalue weighted by Gasteiger charge is -2.02. The van der Waals surface area contributed by atoms with E-state index in [1.807, 2.05) is 0 Å². The minimum Gasteiger partial charge on any atom is -0.443 e. The molecule has 0 aliphatic carbocycles. The molecule has 0 aliphatic rings. The summed E-state index contributed by atoms with van der Waals surface area (Å²) in [5, 5.41) is 0. The third-order valence-electron chi connectivity index (χ3n) is 3.38. The zero-order valence-electron chi connectivity index (χ0n) is 11.6. The topological polar surface area (TPSA) is 60.2 Å². The number of aromatic nitrogens is 1. The highest BCUT2D eigenvalue weighted by Crippen LogP contribution is 2.16. The van der Waals surface area contributed by atoms with E-state index in [4.69, 9.17) is 4.42 Å². The van der Waals surface area contributed by atoms with Gasteiger partial charge in [0.15, 0.2) is 23.5 Å². The van der Waals surface area contributed by atoms with Crippen molar-refractivity contribution in [3.8, 4) is 0 Å². The molecule has 2 aromatic carbocycles. The second-order valence-corrected chi connectivity index (χ2v) is 4.89. The molecule has 3 aromatic rings. The van der Waals surface area contributed by atoms with Crippen molar-refractivity contribution in [2.24, 2.45) is 0 Å². The predicted octanol–water partition coefficient (Wildman–Crippen LogP) is 3.81. The van der Waals surface area contributed by atoms with Gasteiger partial charge in [0, 0.05) is 24.0 Å². The van der Waals surface area contributed by atoms with Crippen molar-refractivity contribution in [1.29, 1.82) is 0 Å². The van der Waals surface area contributed by atoms with E-state index in [0.29, 0.717) is 16.7 Å². The first kappa shape index (κ1) is 14.1. The number of halogens is 1. The van der Waals surface area contributed by atoms with Crippen molar-refractivity contribution in [1.82, 2.24) is 4.98 Å². The summed E-state index contributed by atoms with van der Waals surface area (Å²) in [7, 11) is 0. The van der Waals surface area contributed by atoms with E-state index in [-0.39, 0.29) is 30.0 Å². The molecule has 1 heterocycles. The van der Waals surface area contributed by atoms with Crippen molar-refractivity contribution >= 4 is 22.7 Å². The molecule has 0 saturated carbocycles. The number of ketones is 2. The summed E-state index contributed by atoms with van der Waals surface area (Å²) in [5.74, 6) is -0.876. The lowest BCUT2D eigenvalue weighted by molar-refractivity contribution is 0.0917. The summed E-state index contributed by atoms with van der Waals surface area (Å²) in [4.78, 5) is 28.1. The quantitative estimate of drug-likeness (QED) is 0.672. The van der Waals surface area contributed by atoms with Gasteiger partial charge >= 0.3 is 0 Å². The average molecular weight is 297 g/mol. The maximum absolute atomic E-state index is 13.1. The van der Waals surface area contributed by atoms with Gasteiger partial charge in [0.25, 0.3) is 0 Å². The number of benzene rings is 2. The van der Waals surface area contributed by atoms with Crippen LogP contribution in [0.15, 0.2) is 53.3 Å². The third-order valence-corrected chi connectivity index (χ3v) is 3.38. The molecule has 0 fully saturated rings. The number of Topliss-reactive ketones (excluding diaryl/α,β-unsaturated/α-hetero) is 2. The number of rotatable bonds is 5. The fourth-order valence-corrected chi connectivity index (χ4v) is 2.21. The van der Waals surface area contributed by atoms with Gasteiger partial charge in [-0.25, -0.2) is 9.37 Å². The molecule has 0 radical (unpaired) electrons. The Balaban J connectivity index is 1.67. The highest BCUT2D eigenvalue weighted by molar-refractivity contribution is 6.03. The lowest BCUT2D eigenvalue weighted by Crippen LogP contribution is -2.05. The van der Waals surface area contributed by atoms with Gasteiger partial charge in [0.2, 0.25) is 0 Å². The summed E-state index contributed by atoms with van der Waals surface area (Å²) >= 11 is 0. The molecule has 0 amide bonds. The Kier molecular flexibility index (Phi) is 3.78. The number of hydrogen-bond acceptors (Lipinski definition) is 4. The van der Waals surface area contributed by atoms with Gasteiger partial charge in [0.05, 0.1) is 0 Å². The van der Waals surface area contributed by atoms with Crippen LogP contribution in [0.3, 0.4) is 0 Å². The normalized spacial score (nSPS) is 10.8. The second-order valence-electron chi connectivity index (χ2n) is 4.89. The molecule has 0 unspecified atom stereocenters. The van der Waals surface area contributed by atoms with E-state index >= 15 is 0 Å². The zero-order valence-corrected chi connectivity index (χ0v) is 11.6. The number of nitrogens with zero attached hydrogens (tertiary/aromatic N) is 1. The summed E-state index contributed by atoms with van der Waals surface area (Å²) < 4.78 is 18.2. The van der Waals surface area contributed by atoms with Crippen molar-refractivity contribution in [2.45, 2.75) is 12.8 Å². The Bertz CT molecular complexity index is 854. The van der Waals surface area contributed by atoms with E-state index in [0.717, 1.165) is 0 Å². The number of carbonyl (C=O) groups is 2. The van der Waals surface area contributed by atoms with Crippen LogP contribution >= 0.6 is 0 Å². The van der Waals surface area contributed by atoms with E-state index < -0.39 is 5.82 Å². The van der Waals surface area contributed by atoms with Crippen LogP contribution in [0.2, 0.25) is 0 Å². The smallest absolute Gasteiger partial charge is 0.181 e. The number of carbonyl (C=O) groups excluding carboxylic acids is 2. The molecule has 0 N–H and O–H groups in total. The first-order valence-corrected chi connectivity index (χ1v) is 6.79. The van der Waals surface area contributed by atoms with Crippen LogP contribution in [0.5, 0.6) is 0 Å².